The van der Waals surface area contributed by atoms with Gasteiger partial charge >= 0.3 is 0 Å². The van der Waals surface area contributed by atoms with Gasteiger partial charge in [0.15, 0.2) is 0 Å². The van der Waals surface area contributed by atoms with Crippen LogP contribution in [0, 0.1) is 13.8 Å². The summed E-state index contributed by atoms with van der Waals surface area (Å²) < 4.78 is 5.05. The summed E-state index contributed by atoms with van der Waals surface area (Å²) in [6.07, 6.45) is 0. The monoisotopic (exact) mass is 1570 g/mol. The van der Waals surface area contributed by atoms with Crippen molar-refractivity contribution < 1.29 is 0 Å². The average Bonchev–Trinajstić information content (AvgIpc) is 1.52. The Hall–Kier alpha value is -14.8. The molecule has 0 fully saturated rings. The van der Waals surface area contributed by atoms with Crippen molar-refractivity contribution in [2.24, 2.45) is 0 Å². The van der Waals surface area contributed by atoms with Gasteiger partial charge in [0.25, 0.3) is 6.71 Å². The third-order valence-corrected chi connectivity index (χ3v) is 25.8. The van der Waals surface area contributed by atoms with Gasteiger partial charge in [-0.05, 0) is 251 Å². The van der Waals surface area contributed by atoms with Gasteiger partial charge in [0, 0.05) is 77.9 Å². The van der Waals surface area contributed by atoms with Crippen LogP contribution in [0.15, 0.2) is 406 Å². The lowest BCUT2D eigenvalue weighted by molar-refractivity contribution is 0.590. The third kappa shape index (κ3) is 12.9. The summed E-state index contributed by atoms with van der Waals surface area (Å²) in [6.45, 7) is 18.3. The van der Waals surface area contributed by atoms with Gasteiger partial charge in [-0.25, -0.2) is 0 Å². The molecule has 0 amide bonds. The fraction of sp³-hybridized carbons (Fsp3) is 0.0847. The van der Waals surface area contributed by atoms with Crippen molar-refractivity contribution >= 4 is 101 Å². The van der Waals surface area contributed by atoms with Gasteiger partial charge in [-0.1, -0.05) is 338 Å². The predicted molar refractivity (Wildman–Crippen MR) is 525 cm³/mol. The van der Waals surface area contributed by atoms with Crippen molar-refractivity contribution in [3.8, 4) is 112 Å². The van der Waals surface area contributed by atoms with Crippen LogP contribution in [0.2, 0.25) is 0 Å². The van der Waals surface area contributed by atoms with Gasteiger partial charge in [-0.2, -0.15) is 0 Å². The maximum absolute atomic E-state index is 2.75. The van der Waals surface area contributed by atoms with Crippen molar-refractivity contribution in [2.75, 3.05) is 9.80 Å². The van der Waals surface area contributed by atoms with Gasteiger partial charge in [0.1, 0.15) is 0 Å². The minimum Gasteiger partial charge on any atom is -0.310 e. The largest absolute Gasteiger partial charge is 0.310 e. The Morgan fingerprint density at radius 3 is 0.870 bits per heavy atom. The van der Waals surface area contributed by atoms with E-state index in [4.69, 9.17) is 0 Å². The second-order valence-corrected chi connectivity index (χ2v) is 35.8. The molecule has 0 unspecified atom stereocenters. The maximum atomic E-state index is 2.75. The van der Waals surface area contributed by atoms with Crippen LogP contribution in [0.3, 0.4) is 0 Å². The molecule has 2 aliphatic rings. The predicted octanol–water partition coefficient (Wildman–Crippen LogP) is 30.2. The molecule has 586 valence electrons. The zero-order valence-corrected chi connectivity index (χ0v) is 70.5. The number of fused-ring (bicyclic) bond motifs is 10. The highest BCUT2D eigenvalue weighted by Crippen LogP contribution is 2.57. The van der Waals surface area contributed by atoms with E-state index in [9.17, 15) is 0 Å². The minimum absolute atomic E-state index is 0.276. The van der Waals surface area contributed by atoms with Crippen LogP contribution in [-0.2, 0) is 10.8 Å². The summed E-state index contributed by atoms with van der Waals surface area (Å²) in [5.41, 5.74) is 41.9. The second-order valence-electron chi connectivity index (χ2n) is 35.8. The van der Waals surface area contributed by atoms with Gasteiger partial charge in [-0.15, -0.1) is 0 Å². The van der Waals surface area contributed by atoms with E-state index in [1.807, 2.05) is 0 Å². The quantitative estimate of drug-likeness (QED) is 0.107. The van der Waals surface area contributed by atoms with E-state index in [1.54, 1.807) is 0 Å². The molecule has 20 aromatic rings. The normalized spacial score (nSPS) is 12.5. The average molecular weight is 1580 g/mol. The third-order valence-electron chi connectivity index (χ3n) is 25.8. The summed E-state index contributed by atoms with van der Waals surface area (Å²) in [5, 5.41) is 4.90. The van der Waals surface area contributed by atoms with Crippen molar-refractivity contribution in [1.82, 2.24) is 9.13 Å². The molecular formula is C118H91BN4. The first-order chi connectivity index (χ1) is 60.1. The SMILES string of the molecule is Cc1ccc2c(c1)c1ccccc1n2-c1ccc2c(c1)N(c1c(-c3ccccc3)cc(C(C)(C)C)cc1-c1cccc(-c3cccc(-c4ccccc4)c3)c1)c1cc(-c3ccccc3)cc3c1B2c1ccc(-n2c4ccccc4c4cc(C)ccc42)cc1N3c1c(-c2ccccc2)cc(C(C)(C)C)cc1-c1cccc(-c2cccc(-c3ccccc3)c2)c1. The van der Waals surface area contributed by atoms with Crippen LogP contribution in [0.1, 0.15) is 63.8 Å². The van der Waals surface area contributed by atoms with Crippen molar-refractivity contribution in [1.29, 1.82) is 0 Å². The van der Waals surface area contributed by atoms with Crippen molar-refractivity contribution in [3.63, 3.8) is 0 Å². The van der Waals surface area contributed by atoms with E-state index < -0.39 is 0 Å². The molecule has 123 heavy (non-hydrogen) atoms. The Labute approximate surface area is 721 Å². The number of aryl methyl sites for hydroxylation is 2. The van der Waals surface area contributed by atoms with E-state index >= 15 is 0 Å². The van der Waals surface area contributed by atoms with Crippen LogP contribution < -0.4 is 26.2 Å². The molecule has 0 spiro atoms. The Morgan fingerprint density at radius 2 is 0.504 bits per heavy atom. The van der Waals surface area contributed by atoms with E-state index in [2.05, 4.69) is 481 Å². The molecule has 0 N–H and O–H groups in total. The molecule has 2 aliphatic heterocycles. The molecule has 22 rings (SSSR count). The van der Waals surface area contributed by atoms with Crippen LogP contribution >= 0.6 is 0 Å². The fourth-order valence-electron chi connectivity index (χ4n) is 19.7. The van der Waals surface area contributed by atoms with E-state index in [0.717, 1.165) is 145 Å². The zero-order chi connectivity index (χ0) is 82.9. The molecular weight excluding hydrogens is 1480 g/mol. The number of rotatable bonds is 13. The van der Waals surface area contributed by atoms with Gasteiger partial charge in [-0.3, -0.25) is 0 Å². The van der Waals surface area contributed by atoms with Crippen LogP contribution in [-0.4, -0.2) is 15.8 Å². The van der Waals surface area contributed by atoms with E-state index in [0.29, 0.717) is 0 Å². The van der Waals surface area contributed by atoms with Crippen LogP contribution in [0.5, 0.6) is 0 Å². The summed E-state index contributed by atoms with van der Waals surface area (Å²) in [7, 11) is 0. The summed E-state index contributed by atoms with van der Waals surface area (Å²) in [5.74, 6) is 0. The highest BCUT2D eigenvalue weighted by atomic mass is 15.2. The molecule has 0 radical (unpaired) electrons. The molecule has 18 aromatic carbocycles. The zero-order valence-electron chi connectivity index (χ0n) is 70.5. The topological polar surface area (TPSA) is 16.3 Å². The molecule has 0 bridgehead atoms. The molecule has 2 aromatic heterocycles. The maximum Gasteiger partial charge on any atom is 0.252 e. The Morgan fingerprint density at radius 1 is 0.211 bits per heavy atom. The van der Waals surface area contributed by atoms with Crippen LogP contribution in [0.25, 0.3) is 155 Å². The number of hydrogen-bond acceptors (Lipinski definition) is 2. The van der Waals surface area contributed by atoms with E-state index in [1.165, 1.54) is 82.4 Å². The molecule has 0 saturated carbocycles. The summed E-state index contributed by atoms with van der Waals surface area (Å²) in [6, 6.07) is 155. The second kappa shape index (κ2) is 29.6. The molecule has 4 heterocycles. The minimum atomic E-state index is -0.322. The molecule has 0 saturated heterocycles. The highest BCUT2D eigenvalue weighted by molar-refractivity contribution is 7.00. The number of para-hydroxylation sites is 2. The molecule has 5 heteroatoms. The Balaban J connectivity index is 0.903. The summed E-state index contributed by atoms with van der Waals surface area (Å²) in [4.78, 5) is 5.50. The van der Waals surface area contributed by atoms with Gasteiger partial charge in [0.2, 0.25) is 0 Å². The number of aromatic nitrogens is 2. The molecule has 0 aliphatic carbocycles. The number of nitrogens with zero attached hydrogens (tertiary/aromatic N) is 4. The number of anilines is 6. The highest BCUT2D eigenvalue weighted by Gasteiger charge is 2.47. The molecule has 0 atom stereocenters. The van der Waals surface area contributed by atoms with Crippen molar-refractivity contribution in [3.05, 3.63) is 429 Å². The lowest BCUT2D eigenvalue weighted by atomic mass is 9.33. The lowest BCUT2D eigenvalue weighted by Crippen LogP contribution is -2.61. The first-order valence-electron chi connectivity index (χ1n) is 43.2. The van der Waals surface area contributed by atoms with Crippen molar-refractivity contribution in [2.45, 2.75) is 66.2 Å². The lowest BCUT2D eigenvalue weighted by Gasteiger charge is -2.46. The molecule has 4 nitrogen and oxygen atoms in total. The van der Waals surface area contributed by atoms with Gasteiger partial charge < -0.3 is 18.9 Å². The van der Waals surface area contributed by atoms with Gasteiger partial charge in [0.05, 0.1) is 33.4 Å². The smallest absolute Gasteiger partial charge is 0.252 e. The summed E-state index contributed by atoms with van der Waals surface area (Å²) >= 11 is 0. The number of benzene rings is 18. The Kier molecular flexibility index (Phi) is 17.9. The standard InChI is InChI=1S/C118H91BN4/c1-76-54-60-108-102(62-76)96-50-24-26-52-106(96)120(108)94-56-58-104-110(74-94)122(115-98(81-38-20-12-21-39-81)70-92(117(3,4)5)72-100(115)89-48-30-46-87(66-89)85-44-28-42-83(64-85)78-32-14-9-15-33-78)112-68-91(80-36-18-11-19-37-80)69-113-114(112)119(104)105-59-57-95(121-107-53-27-25-51-97(107)103-63-77(2)55-61-109(103)121)75-111(105)123(113)116-99(82-40-22-13-23-41-82)71-93(118(6,7)8)73-101(116)90-49-31-47-88(67-90)86-45-29-43-84(65-86)79-34-16-10-17-35-79/h9-75H,1-8H3. The fourth-order valence-corrected chi connectivity index (χ4v) is 19.7. The van der Waals surface area contributed by atoms with E-state index in [-0.39, 0.29) is 17.5 Å². The number of hydrogen-bond donors (Lipinski definition) is 0. The Bertz CT molecular complexity index is 7160. The first-order valence-corrected chi connectivity index (χ1v) is 43.2. The van der Waals surface area contributed by atoms with Crippen LogP contribution in [0.4, 0.5) is 34.1 Å². The first kappa shape index (κ1) is 74.5.